The Morgan fingerprint density at radius 3 is 2.14 bits per heavy atom. The molecule has 6 nitrogen and oxygen atoms in total. The third kappa shape index (κ3) is 4.93. The van der Waals surface area contributed by atoms with Gasteiger partial charge in [-0.2, -0.15) is 0 Å². The molecule has 0 aliphatic carbocycles. The lowest BCUT2D eigenvalue weighted by atomic mass is 9.96. The molecular weight excluding hydrogens is 454 g/mol. The van der Waals surface area contributed by atoms with Gasteiger partial charge in [0.2, 0.25) is 0 Å². The summed E-state index contributed by atoms with van der Waals surface area (Å²) in [6.07, 6.45) is 0. The van der Waals surface area contributed by atoms with Crippen molar-refractivity contribution < 1.29 is 18.3 Å². The highest BCUT2D eigenvalue weighted by molar-refractivity contribution is 5.70. The van der Waals surface area contributed by atoms with Crippen LogP contribution >= 0.6 is 0 Å². The minimum Gasteiger partial charge on any atom is -0.497 e. The third-order valence-electron chi connectivity index (χ3n) is 5.87. The van der Waals surface area contributed by atoms with E-state index in [0.29, 0.717) is 17.0 Å². The molecule has 4 rings (SSSR count). The summed E-state index contributed by atoms with van der Waals surface area (Å²) in [7, 11) is 2.92. The molecule has 0 aliphatic heterocycles. The van der Waals surface area contributed by atoms with Gasteiger partial charge < -0.3 is 14.8 Å². The van der Waals surface area contributed by atoms with Crippen molar-refractivity contribution in [3.05, 3.63) is 116 Å². The van der Waals surface area contributed by atoms with Crippen LogP contribution in [0.4, 0.5) is 20.2 Å². The molecule has 0 fully saturated rings. The Morgan fingerprint density at radius 2 is 1.49 bits per heavy atom. The molecule has 0 spiro atoms. The standard InChI is InChI=1S/C27H24F2N2O4/c1-15(17-9-12-21(28)22(29)14-17)30-23(16-7-10-20(34-2)11-8-16)18-5-4-6-19(13-18)31-24-25(32)26(33)27(24)35-3/h4-15,23,30-31H,1-3H3/t15-,23?/m0/s1. The van der Waals surface area contributed by atoms with E-state index in [-0.39, 0.29) is 23.5 Å². The average molecular weight is 478 g/mol. The van der Waals surface area contributed by atoms with Gasteiger partial charge in [0.1, 0.15) is 11.4 Å². The average Bonchev–Trinajstić information content (AvgIpc) is 2.88. The molecule has 1 unspecified atom stereocenters. The first-order valence-corrected chi connectivity index (χ1v) is 10.9. The first kappa shape index (κ1) is 24.1. The fourth-order valence-electron chi connectivity index (χ4n) is 3.93. The molecule has 0 radical (unpaired) electrons. The van der Waals surface area contributed by atoms with E-state index in [4.69, 9.17) is 9.47 Å². The fraction of sp³-hybridized carbons (Fsp3) is 0.185. The summed E-state index contributed by atoms with van der Waals surface area (Å²) in [6, 6.07) is 18.0. The molecule has 35 heavy (non-hydrogen) atoms. The monoisotopic (exact) mass is 478 g/mol. The Morgan fingerprint density at radius 1 is 0.771 bits per heavy atom. The van der Waals surface area contributed by atoms with Crippen LogP contribution in [-0.2, 0) is 0 Å². The zero-order chi connectivity index (χ0) is 25.1. The van der Waals surface area contributed by atoms with Crippen LogP contribution in [0.1, 0.15) is 35.7 Å². The van der Waals surface area contributed by atoms with Crippen LogP contribution in [-0.4, -0.2) is 14.2 Å². The van der Waals surface area contributed by atoms with Crippen molar-refractivity contribution in [3.8, 4) is 11.5 Å². The van der Waals surface area contributed by atoms with Crippen LogP contribution in [0, 0.1) is 11.6 Å². The number of rotatable bonds is 9. The lowest BCUT2D eigenvalue weighted by Crippen LogP contribution is -2.34. The van der Waals surface area contributed by atoms with Crippen LogP contribution in [0.2, 0.25) is 0 Å². The predicted molar refractivity (Wildman–Crippen MR) is 130 cm³/mol. The molecule has 8 heteroatoms. The fourth-order valence-corrected chi connectivity index (χ4v) is 3.93. The molecule has 2 atom stereocenters. The van der Waals surface area contributed by atoms with Crippen molar-refractivity contribution in [2.75, 3.05) is 19.5 Å². The van der Waals surface area contributed by atoms with Crippen molar-refractivity contribution in [1.82, 2.24) is 5.32 Å². The number of ether oxygens (including phenoxy) is 2. The number of benzene rings is 3. The van der Waals surface area contributed by atoms with Crippen molar-refractivity contribution in [1.29, 1.82) is 0 Å². The highest BCUT2D eigenvalue weighted by Gasteiger charge is 2.23. The molecule has 0 amide bonds. The van der Waals surface area contributed by atoms with Crippen molar-refractivity contribution >= 4 is 11.4 Å². The van der Waals surface area contributed by atoms with E-state index in [0.717, 1.165) is 17.2 Å². The van der Waals surface area contributed by atoms with Gasteiger partial charge >= 0.3 is 0 Å². The SMILES string of the molecule is COc1ccc(C(N[C@@H](C)c2ccc(F)c(F)c2)c2cccc(Nc3c(OC)c(=O)c3=O)c2)cc1. The Kier molecular flexibility index (Phi) is 6.93. The number of methoxy groups -OCH3 is 2. The first-order chi connectivity index (χ1) is 16.8. The van der Waals surface area contributed by atoms with Gasteiger partial charge in [-0.3, -0.25) is 14.9 Å². The molecule has 0 saturated heterocycles. The van der Waals surface area contributed by atoms with Gasteiger partial charge in [0.25, 0.3) is 10.9 Å². The lowest BCUT2D eigenvalue weighted by molar-refractivity contribution is 0.408. The highest BCUT2D eigenvalue weighted by atomic mass is 19.2. The minimum absolute atomic E-state index is 0.00260. The molecule has 0 aliphatic rings. The smallest absolute Gasteiger partial charge is 0.272 e. The Balaban J connectivity index is 1.68. The largest absolute Gasteiger partial charge is 0.497 e. The lowest BCUT2D eigenvalue weighted by Gasteiger charge is -2.25. The number of nitrogens with one attached hydrogen (secondary N) is 2. The second-order valence-corrected chi connectivity index (χ2v) is 8.09. The molecular formula is C27H24F2N2O4. The van der Waals surface area contributed by atoms with E-state index in [1.54, 1.807) is 13.2 Å². The second kappa shape index (κ2) is 10.1. The van der Waals surface area contributed by atoms with Gasteiger partial charge in [0.15, 0.2) is 17.4 Å². The molecule has 0 bridgehead atoms. The molecule has 0 heterocycles. The summed E-state index contributed by atoms with van der Waals surface area (Å²) in [5, 5.41) is 6.45. The summed E-state index contributed by atoms with van der Waals surface area (Å²) in [4.78, 5) is 23.6. The maximum atomic E-state index is 13.8. The Bertz CT molecular complexity index is 1410. The van der Waals surface area contributed by atoms with E-state index in [9.17, 15) is 18.4 Å². The normalized spacial score (nSPS) is 12.8. The molecule has 4 aromatic carbocycles. The van der Waals surface area contributed by atoms with E-state index in [1.807, 2.05) is 49.4 Å². The summed E-state index contributed by atoms with van der Waals surface area (Å²) in [5.74, 6) is -1.12. The predicted octanol–water partition coefficient (Wildman–Crippen LogP) is 4.76. The van der Waals surface area contributed by atoms with Gasteiger partial charge in [-0.05, 0) is 60.0 Å². The molecule has 0 saturated carbocycles. The second-order valence-electron chi connectivity index (χ2n) is 8.09. The molecule has 4 aromatic rings. The van der Waals surface area contributed by atoms with Crippen LogP contribution in [0.5, 0.6) is 11.5 Å². The van der Waals surface area contributed by atoms with E-state index >= 15 is 0 Å². The number of hydrogen-bond donors (Lipinski definition) is 2. The van der Waals surface area contributed by atoms with Gasteiger partial charge in [0.05, 0.1) is 20.3 Å². The van der Waals surface area contributed by atoms with Gasteiger partial charge in [-0.15, -0.1) is 0 Å². The van der Waals surface area contributed by atoms with Crippen LogP contribution < -0.4 is 31.0 Å². The summed E-state index contributed by atoms with van der Waals surface area (Å²) in [6.45, 7) is 1.86. The highest BCUT2D eigenvalue weighted by Crippen LogP contribution is 2.31. The quantitative estimate of drug-likeness (QED) is 0.338. The molecule has 180 valence electrons. The summed E-state index contributed by atoms with van der Waals surface area (Å²) >= 11 is 0. The van der Waals surface area contributed by atoms with Crippen LogP contribution in [0.3, 0.4) is 0 Å². The van der Waals surface area contributed by atoms with Gasteiger partial charge in [0, 0.05) is 11.7 Å². The van der Waals surface area contributed by atoms with Crippen molar-refractivity contribution in [2.45, 2.75) is 19.0 Å². The third-order valence-corrected chi connectivity index (χ3v) is 5.87. The first-order valence-electron chi connectivity index (χ1n) is 10.9. The number of halogens is 2. The van der Waals surface area contributed by atoms with E-state index in [1.165, 1.54) is 19.2 Å². The molecule has 2 N–H and O–H groups in total. The Hall–Kier alpha value is -4.04. The van der Waals surface area contributed by atoms with Crippen molar-refractivity contribution in [2.24, 2.45) is 0 Å². The molecule has 0 aromatic heterocycles. The topological polar surface area (TPSA) is 76.7 Å². The maximum absolute atomic E-state index is 13.8. The van der Waals surface area contributed by atoms with Crippen molar-refractivity contribution in [3.63, 3.8) is 0 Å². The van der Waals surface area contributed by atoms with E-state index < -0.39 is 22.5 Å². The van der Waals surface area contributed by atoms with Crippen LogP contribution in [0.25, 0.3) is 0 Å². The van der Waals surface area contributed by atoms with Gasteiger partial charge in [-0.1, -0.05) is 30.3 Å². The van der Waals surface area contributed by atoms with Gasteiger partial charge in [-0.25, -0.2) is 8.78 Å². The Labute approximate surface area is 200 Å². The zero-order valence-electron chi connectivity index (χ0n) is 19.4. The minimum atomic E-state index is -0.912. The summed E-state index contributed by atoms with van der Waals surface area (Å²) < 4.78 is 37.6. The van der Waals surface area contributed by atoms with Crippen LogP contribution in [0.15, 0.2) is 76.3 Å². The summed E-state index contributed by atoms with van der Waals surface area (Å²) in [5.41, 5.74) is 1.74. The maximum Gasteiger partial charge on any atom is 0.272 e. The zero-order valence-corrected chi connectivity index (χ0v) is 19.4. The number of anilines is 2. The van der Waals surface area contributed by atoms with E-state index in [2.05, 4.69) is 10.6 Å². The number of hydrogen-bond acceptors (Lipinski definition) is 6.